The van der Waals surface area contributed by atoms with Gasteiger partial charge in [-0.25, -0.2) is 0 Å². The van der Waals surface area contributed by atoms with E-state index in [1.807, 2.05) is 22.3 Å². The van der Waals surface area contributed by atoms with Crippen molar-refractivity contribution in [2.24, 2.45) is 35.5 Å². The third kappa shape index (κ3) is 2.04. The molecule has 0 nitrogen and oxygen atoms in total. The topological polar surface area (TPSA) is 0 Å². The molecule has 3 saturated carbocycles. The van der Waals surface area contributed by atoms with E-state index < -0.39 is 0 Å². The Kier molecular flexibility index (Phi) is 3.21. The van der Waals surface area contributed by atoms with Crippen LogP contribution in [-0.2, 0) is 0 Å². The van der Waals surface area contributed by atoms with Gasteiger partial charge in [-0.2, -0.15) is 0 Å². The molecule has 0 N–H and O–H groups in total. The number of allylic oxidation sites excluding steroid dienone is 6. The van der Waals surface area contributed by atoms with Crippen LogP contribution < -0.4 is 0 Å². The van der Waals surface area contributed by atoms with Gasteiger partial charge >= 0.3 is 0 Å². The first-order valence-corrected chi connectivity index (χ1v) is 11.0. The highest BCUT2D eigenvalue weighted by Gasteiger charge is 2.43. The molecule has 0 spiro atoms. The average molecular weight is 321 g/mol. The lowest BCUT2D eigenvalue weighted by atomic mass is 9.56. The van der Waals surface area contributed by atoms with Crippen LogP contribution in [0, 0.1) is 35.5 Å². The molecule has 128 valence electrons. The van der Waals surface area contributed by atoms with E-state index in [0.717, 1.165) is 35.5 Å². The summed E-state index contributed by atoms with van der Waals surface area (Å²) in [7, 11) is 0. The maximum Gasteiger partial charge on any atom is -0.0156 e. The Morgan fingerprint density at radius 3 is 1.04 bits per heavy atom. The summed E-state index contributed by atoms with van der Waals surface area (Å²) in [4.78, 5) is 0. The van der Waals surface area contributed by atoms with Gasteiger partial charge in [-0.1, -0.05) is 12.2 Å². The van der Waals surface area contributed by atoms with Crippen LogP contribution in [0.15, 0.2) is 34.4 Å². The Hall–Kier alpha value is -0.780. The van der Waals surface area contributed by atoms with Crippen LogP contribution in [0.4, 0.5) is 0 Å². The number of hydrogen-bond donors (Lipinski definition) is 0. The Morgan fingerprint density at radius 1 is 0.417 bits per heavy atom. The van der Waals surface area contributed by atoms with Crippen molar-refractivity contribution in [2.75, 3.05) is 0 Å². The third-order valence-electron chi connectivity index (χ3n) is 8.71. The molecule has 0 aromatic rings. The zero-order valence-corrected chi connectivity index (χ0v) is 15.1. The lowest BCUT2D eigenvalue weighted by molar-refractivity contribution is 0.260. The molecule has 0 aliphatic heterocycles. The van der Waals surface area contributed by atoms with E-state index in [0.29, 0.717) is 0 Å². The van der Waals surface area contributed by atoms with Crippen molar-refractivity contribution in [1.82, 2.24) is 0 Å². The fraction of sp³-hybridized carbons (Fsp3) is 0.750. The molecule has 0 aromatic carbocycles. The van der Waals surface area contributed by atoms with Crippen molar-refractivity contribution in [1.29, 1.82) is 0 Å². The van der Waals surface area contributed by atoms with Gasteiger partial charge in [-0.15, -0.1) is 0 Å². The van der Waals surface area contributed by atoms with Crippen LogP contribution in [0.5, 0.6) is 0 Å². The highest BCUT2D eigenvalue weighted by Crippen LogP contribution is 2.57. The standard InChI is InChI=1S/C24H32/c1-5-17-6-2-15(1)13-21(17)23-19-9-11-20(12-10-19)24(23)22-14-16-3-7-18(22)8-4-16/h13-20H,1-12H2. The fourth-order valence-corrected chi connectivity index (χ4v) is 7.49. The van der Waals surface area contributed by atoms with Crippen LogP contribution in [0.3, 0.4) is 0 Å². The minimum atomic E-state index is 0.927. The summed E-state index contributed by atoms with van der Waals surface area (Å²) in [5, 5.41) is 0. The van der Waals surface area contributed by atoms with Crippen LogP contribution in [0.25, 0.3) is 0 Å². The van der Waals surface area contributed by atoms with Gasteiger partial charge < -0.3 is 0 Å². The minimum Gasteiger partial charge on any atom is -0.0776 e. The maximum absolute atomic E-state index is 2.77. The summed E-state index contributed by atoms with van der Waals surface area (Å²) in [6.07, 6.45) is 23.5. The first kappa shape index (κ1) is 14.4. The molecule has 9 aliphatic rings. The maximum atomic E-state index is 2.77. The van der Waals surface area contributed by atoms with Crippen LogP contribution >= 0.6 is 0 Å². The fourth-order valence-electron chi connectivity index (χ4n) is 7.49. The second-order valence-corrected chi connectivity index (χ2v) is 9.84. The normalized spacial score (nSPS) is 46.3. The van der Waals surface area contributed by atoms with Crippen molar-refractivity contribution in [2.45, 2.75) is 77.0 Å². The van der Waals surface area contributed by atoms with E-state index in [1.165, 1.54) is 77.0 Å². The zero-order chi connectivity index (χ0) is 15.7. The quantitative estimate of drug-likeness (QED) is 0.538. The largest absolute Gasteiger partial charge is 0.0776 e. The SMILES string of the molecule is C1=C(C2=C(C3=CC4CCC3CC4)C3CCC2CC3)C2CCC1CC2. The number of hydrogen-bond acceptors (Lipinski definition) is 0. The van der Waals surface area contributed by atoms with E-state index in [2.05, 4.69) is 12.2 Å². The van der Waals surface area contributed by atoms with Crippen molar-refractivity contribution in [3.8, 4) is 0 Å². The van der Waals surface area contributed by atoms with Crippen molar-refractivity contribution in [3.63, 3.8) is 0 Å². The molecule has 9 rings (SSSR count). The molecule has 3 fully saturated rings. The molecule has 24 heavy (non-hydrogen) atoms. The molecule has 0 radical (unpaired) electrons. The molecule has 0 heterocycles. The first-order chi connectivity index (χ1) is 11.9. The highest BCUT2D eigenvalue weighted by atomic mass is 14.5. The predicted molar refractivity (Wildman–Crippen MR) is 99.5 cm³/mol. The third-order valence-corrected chi connectivity index (χ3v) is 8.71. The van der Waals surface area contributed by atoms with Gasteiger partial charge in [0.2, 0.25) is 0 Å². The Labute approximate surface area is 147 Å². The van der Waals surface area contributed by atoms with E-state index >= 15 is 0 Å². The molecule has 0 aromatic heterocycles. The Balaban J connectivity index is 1.51. The van der Waals surface area contributed by atoms with Gasteiger partial charge in [-0.05, 0) is 135 Å². The van der Waals surface area contributed by atoms with E-state index in [4.69, 9.17) is 0 Å². The van der Waals surface area contributed by atoms with Gasteiger partial charge in [0.15, 0.2) is 0 Å². The monoisotopic (exact) mass is 320 g/mol. The average Bonchev–Trinajstić information content (AvgIpc) is 2.70. The first-order valence-electron chi connectivity index (χ1n) is 11.0. The molecule has 6 bridgehead atoms. The minimum absolute atomic E-state index is 0.927. The summed E-state index contributed by atoms with van der Waals surface area (Å²) in [6.45, 7) is 0. The molecule has 0 amide bonds. The number of fused-ring (bicyclic) bond motifs is 8. The van der Waals surface area contributed by atoms with E-state index in [1.54, 1.807) is 0 Å². The number of rotatable bonds is 2. The summed E-state index contributed by atoms with van der Waals surface area (Å²) in [5.41, 5.74) is 7.63. The summed E-state index contributed by atoms with van der Waals surface area (Å²) >= 11 is 0. The zero-order valence-electron chi connectivity index (χ0n) is 15.1. The molecular formula is C24H32. The second kappa shape index (κ2) is 5.36. The lowest BCUT2D eigenvalue weighted by Crippen LogP contribution is -2.35. The van der Waals surface area contributed by atoms with Crippen molar-refractivity contribution < 1.29 is 0 Å². The Morgan fingerprint density at radius 2 is 0.750 bits per heavy atom. The second-order valence-electron chi connectivity index (χ2n) is 9.84. The highest BCUT2D eigenvalue weighted by molar-refractivity contribution is 5.53. The molecule has 9 aliphatic carbocycles. The molecular weight excluding hydrogens is 288 g/mol. The van der Waals surface area contributed by atoms with Crippen LogP contribution in [0.2, 0.25) is 0 Å². The van der Waals surface area contributed by atoms with Crippen molar-refractivity contribution >= 4 is 0 Å². The van der Waals surface area contributed by atoms with Gasteiger partial charge in [0, 0.05) is 0 Å². The van der Waals surface area contributed by atoms with Crippen molar-refractivity contribution in [3.05, 3.63) is 34.4 Å². The van der Waals surface area contributed by atoms with E-state index in [9.17, 15) is 0 Å². The summed E-state index contributed by atoms with van der Waals surface area (Å²) in [6, 6.07) is 0. The van der Waals surface area contributed by atoms with Crippen LogP contribution in [0.1, 0.15) is 77.0 Å². The van der Waals surface area contributed by atoms with Gasteiger partial charge in [0.25, 0.3) is 0 Å². The Bertz CT molecular complexity index is 565. The molecule has 0 heteroatoms. The van der Waals surface area contributed by atoms with Gasteiger partial charge in [0.05, 0.1) is 0 Å². The molecule has 0 atom stereocenters. The van der Waals surface area contributed by atoms with E-state index in [-0.39, 0.29) is 0 Å². The predicted octanol–water partition coefficient (Wildman–Crippen LogP) is 6.60. The van der Waals surface area contributed by atoms with Crippen LogP contribution in [-0.4, -0.2) is 0 Å². The van der Waals surface area contributed by atoms with Gasteiger partial charge in [-0.3, -0.25) is 0 Å². The smallest absolute Gasteiger partial charge is 0.0156 e. The molecule has 0 unspecified atom stereocenters. The lowest BCUT2D eigenvalue weighted by Gasteiger charge is -2.48. The molecule has 0 saturated heterocycles. The van der Waals surface area contributed by atoms with Gasteiger partial charge in [0.1, 0.15) is 0 Å². The summed E-state index contributed by atoms with van der Waals surface area (Å²) in [5.74, 6) is 5.57. The summed E-state index contributed by atoms with van der Waals surface area (Å²) < 4.78 is 0.